The van der Waals surface area contributed by atoms with Crippen molar-refractivity contribution in [2.24, 2.45) is 9.98 Å². The highest BCUT2D eigenvalue weighted by molar-refractivity contribution is 6.43. The molecule has 0 N–H and O–H groups in total. The molecule has 0 fully saturated rings. The number of aliphatic imine (C=N–C) groups is 2. The van der Waals surface area contributed by atoms with Crippen molar-refractivity contribution in [2.75, 3.05) is 0 Å². The fourth-order valence-corrected chi connectivity index (χ4v) is 9.92. The summed E-state index contributed by atoms with van der Waals surface area (Å²) in [7, 11) is 0. The van der Waals surface area contributed by atoms with Gasteiger partial charge in [-0.05, 0) is 74.3 Å². The summed E-state index contributed by atoms with van der Waals surface area (Å²) < 4.78 is 0. The number of rotatable bonds is 48. The molecule has 0 heterocycles. The van der Waals surface area contributed by atoms with Gasteiger partial charge in [-0.1, -0.05) is 296 Å². The highest BCUT2D eigenvalue weighted by Gasteiger charge is 2.11. The molecule has 0 spiro atoms. The smallest absolute Gasteiger partial charge is 0.0666 e. The Morgan fingerprint density at radius 3 is 1.16 bits per heavy atom. The van der Waals surface area contributed by atoms with Crippen molar-refractivity contribution in [3.8, 4) is 11.8 Å². The van der Waals surface area contributed by atoms with Crippen molar-refractivity contribution in [2.45, 2.75) is 323 Å². The van der Waals surface area contributed by atoms with E-state index >= 15 is 0 Å². The number of benzene rings is 2. The summed E-state index contributed by atoms with van der Waals surface area (Å²) in [4.78, 5) is 10.7. The molecule has 0 saturated heterocycles. The molecule has 0 amide bonds. The monoisotopic (exact) mass is 933 g/mol. The first-order valence-corrected chi connectivity index (χ1v) is 30.5. The van der Waals surface area contributed by atoms with E-state index in [0.29, 0.717) is 0 Å². The topological polar surface area (TPSA) is 24.7 Å². The van der Waals surface area contributed by atoms with E-state index in [1.54, 1.807) is 0 Å². The Hall–Kier alpha value is -2.66. The van der Waals surface area contributed by atoms with Crippen molar-refractivity contribution in [3.05, 3.63) is 59.7 Å². The van der Waals surface area contributed by atoms with Gasteiger partial charge in [0, 0.05) is 12.8 Å². The van der Waals surface area contributed by atoms with E-state index in [1.807, 2.05) is 0 Å². The largest absolute Gasteiger partial charge is 0.252 e. The normalized spacial score (nSPS) is 11.9. The molecule has 0 aliphatic heterocycles. The molecule has 0 radical (unpaired) electrons. The zero-order valence-electron chi connectivity index (χ0n) is 46.0. The van der Waals surface area contributed by atoms with E-state index in [9.17, 15) is 0 Å². The van der Waals surface area contributed by atoms with E-state index < -0.39 is 0 Å². The lowest BCUT2D eigenvalue weighted by Gasteiger charge is -2.12. The Bertz CT molecular complexity index is 1500. The number of hydrogen-bond donors (Lipinski definition) is 0. The predicted octanol–water partition coefficient (Wildman–Crippen LogP) is 22.9. The highest BCUT2D eigenvalue weighted by atomic mass is 14.8. The van der Waals surface area contributed by atoms with Crippen LogP contribution < -0.4 is 0 Å². The summed E-state index contributed by atoms with van der Waals surface area (Å²) in [6.45, 7) is 9.16. The number of hydrogen-bond acceptors (Lipinski definition) is 2. The average Bonchev–Trinajstić information content (AvgIpc) is 3.36. The maximum atomic E-state index is 5.37. The van der Waals surface area contributed by atoms with Crippen LogP contribution in [0.25, 0.3) is 0 Å². The lowest BCUT2D eigenvalue weighted by Crippen LogP contribution is -2.13. The molecule has 0 bridgehead atoms. The van der Waals surface area contributed by atoms with E-state index in [-0.39, 0.29) is 0 Å². The van der Waals surface area contributed by atoms with E-state index in [0.717, 1.165) is 49.2 Å². The molecule has 0 unspecified atom stereocenters. The molecule has 0 aliphatic carbocycles. The lowest BCUT2D eigenvalue weighted by atomic mass is 10.0. The van der Waals surface area contributed by atoms with Gasteiger partial charge < -0.3 is 0 Å². The van der Waals surface area contributed by atoms with Gasteiger partial charge in [0.25, 0.3) is 0 Å². The van der Waals surface area contributed by atoms with Crippen LogP contribution in [0.4, 0.5) is 11.4 Å². The average molecular weight is 934 g/mol. The Morgan fingerprint density at radius 1 is 0.338 bits per heavy atom. The van der Waals surface area contributed by atoms with Crippen molar-refractivity contribution in [1.82, 2.24) is 0 Å². The van der Waals surface area contributed by atoms with E-state index in [1.165, 1.54) is 280 Å². The van der Waals surface area contributed by atoms with Crippen molar-refractivity contribution in [1.29, 1.82) is 0 Å². The zero-order valence-corrected chi connectivity index (χ0v) is 46.0. The van der Waals surface area contributed by atoms with Crippen LogP contribution >= 0.6 is 0 Å². The van der Waals surface area contributed by atoms with Crippen molar-refractivity contribution >= 4 is 22.8 Å². The maximum Gasteiger partial charge on any atom is 0.0666 e. The fraction of sp³-hybridized carbons (Fsp3) is 0.758. The van der Waals surface area contributed by atoms with Crippen LogP contribution in [0.15, 0.2) is 58.5 Å². The highest BCUT2D eigenvalue weighted by Crippen LogP contribution is 2.24. The minimum absolute atomic E-state index is 0.888. The molecule has 0 atom stereocenters. The molecule has 0 aromatic heterocycles. The molecular formula is C66H112N2. The Morgan fingerprint density at radius 2 is 0.721 bits per heavy atom. The molecule has 386 valence electrons. The van der Waals surface area contributed by atoms with Crippen LogP contribution in [0.3, 0.4) is 0 Å². The molecule has 2 heteroatoms. The van der Waals surface area contributed by atoms with E-state index in [2.05, 4.69) is 88.1 Å². The Labute approximate surface area is 425 Å². The summed E-state index contributed by atoms with van der Waals surface area (Å²) in [5, 5.41) is 0. The van der Waals surface area contributed by atoms with Gasteiger partial charge in [0.15, 0.2) is 0 Å². The van der Waals surface area contributed by atoms with Crippen LogP contribution in [0.2, 0.25) is 0 Å². The molecule has 2 aromatic rings. The third-order valence-electron chi connectivity index (χ3n) is 14.5. The van der Waals surface area contributed by atoms with Crippen molar-refractivity contribution in [3.63, 3.8) is 0 Å². The number of para-hydroxylation sites is 1. The molecule has 2 rings (SSSR count). The van der Waals surface area contributed by atoms with Gasteiger partial charge in [-0.2, -0.15) is 0 Å². The SMILES string of the molecule is CCCCCCCCCCCCCCCCCCCCCCCCCC#CCCc1ccccc1N=C(CC)C(CCCCCCCC)=Nc1ccc(CCCCCCCCCCCCC)cc1. The van der Waals surface area contributed by atoms with Crippen LogP contribution in [-0.2, 0) is 12.8 Å². The van der Waals surface area contributed by atoms with Crippen LogP contribution in [0, 0.1) is 11.8 Å². The van der Waals surface area contributed by atoms with Crippen LogP contribution in [0.1, 0.15) is 321 Å². The van der Waals surface area contributed by atoms with Crippen LogP contribution in [0.5, 0.6) is 0 Å². The minimum atomic E-state index is 0.888. The number of aryl methyl sites for hydroxylation is 2. The molecular weight excluding hydrogens is 821 g/mol. The summed E-state index contributed by atoms with van der Waals surface area (Å²) in [6, 6.07) is 17.9. The molecule has 2 nitrogen and oxygen atoms in total. The fourth-order valence-electron chi connectivity index (χ4n) is 9.92. The molecule has 68 heavy (non-hydrogen) atoms. The second-order valence-corrected chi connectivity index (χ2v) is 21.0. The van der Waals surface area contributed by atoms with Crippen LogP contribution in [-0.4, -0.2) is 11.4 Å². The molecule has 0 saturated carbocycles. The van der Waals surface area contributed by atoms with Crippen molar-refractivity contribution < 1.29 is 0 Å². The summed E-state index contributed by atoms with van der Waals surface area (Å²) in [6.07, 6.45) is 62.0. The first-order chi connectivity index (χ1) is 33.7. The first-order valence-electron chi connectivity index (χ1n) is 30.5. The zero-order chi connectivity index (χ0) is 48.5. The Balaban J connectivity index is 1.68. The van der Waals surface area contributed by atoms with Gasteiger partial charge >= 0.3 is 0 Å². The standard InChI is InChI=1S/C66H112N2/c1-5-9-12-15-18-20-22-23-24-25-26-27-28-29-30-31-32-33-34-35-36-37-39-41-43-45-48-53-62-54-50-51-55-65(62)68-64(8-4)66(56-49-46-17-14-11-7-3)67-63-59-57-61(58-60-63)52-47-44-42-40-38-21-19-16-13-10-6-2/h50-51,54-55,57-60H,5-42,44,46-49,52-53,56H2,1-4H3. The number of unbranched alkanes of at least 4 members (excludes halogenated alkanes) is 38. The predicted molar refractivity (Wildman–Crippen MR) is 308 cm³/mol. The number of nitrogens with zero attached hydrogens (tertiary/aromatic N) is 2. The third kappa shape index (κ3) is 36.3. The Kier molecular flexibility index (Phi) is 43.4. The quantitative estimate of drug-likeness (QED) is 0.0359. The van der Waals surface area contributed by atoms with Gasteiger partial charge in [0.05, 0.1) is 22.8 Å². The van der Waals surface area contributed by atoms with Gasteiger partial charge in [-0.3, -0.25) is 9.98 Å². The second kappa shape index (κ2) is 48.0. The summed E-state index contributed by atoms with van der Waals surface area (Å²) >= 11 is 0. The van der Waals surface area contributed by atoms with Gasteiger partial charge in [-0.25, -0.2) is 0 Å². The maximum absolute atomic E-state index is 5.37. The van der Waals surface area contributed by atoms with Gasteiger partial charge in [0.2, 0.25) is 0 Å². The first kappa shape index (κ1) is 61.5. The summed E-state index contributed by atoms with van der Waals surface area (Å²) in [5.41, 5.74) is 7.23. The molecule has 2 aromatic carbocycles. The van der Waals surface area contributed by atoms with Gasteiger partial charge in [-0.15, -0.1) is 11.8 Å². The van der Waals surface area contributed by atoms with Gasteiger partial charge in [0.1, 0.15) is 0 Å². The lowest BCUT2D eigenvalue weighted by molar-refractivity contribution is 0.518. The third-order valence-corrected chi connectivity index (χ3v) is 14.5. The van der Waals surface area contributed by atoms with E-state index in [4.69, 9.17) is 9.98 Å². The summed E-state index contributed by atoms with van der Waals surface area (Å²) in [5.74, 6) is 7.02. The molecule has 0 aliphatic rings. The second-order valence-electron chi connectivity index (χ2n) is 21.0. The minimum Gasteiger partial charge on any atom is -0.252 e.